The van der Waals surface area contributed by atoms with Crippen LogP contribution in [0.3, 0.4) is 0 Å². The summed E-state index contributed by atoms with van der Waals surface area (Å²) < 4.78 is 5.14. The Kier molecular flexibility index (Phi) is 7.60. The SMILES string of the molecule is CSCCC(NC(=O)c1ccco1)C(=O)NC1CCC(c2ccccc2)CC1. The fourth-order valence-corrected chi connectivity index (χ4v) is 4.21. The summed E-state index contributed by atoms with van der Waals surface area (Å²) in [6, 6.07) is 13.5. The van der Waals surface area contributed by atoms with Crippen molar-refractivity contribution >= 4 is 23.6 Å². The van der Waals surface area contributed by atoms with E-state index in [1.165, 1.54) is 11.8 Å². The first-order chi connectivity index (χ1) is 13.7. The van der Waals surface area contributed by atoms with Gasteiger partial charge in [-0.25, -0.2) is 0 Å². The third-order valence-electron chi connectivity index (χ3n) is 5.32. The van der Waals surface area contributed by atoms with E-state index < -0.39 is 6.04 Å². The summed E-state index contributed by atoms with van der Waals surface area (Å²) in [5.74, 6) is 1.15. The molecule has 0 saturated heterocycles. The molecule has 1 heterocycles. The molecule has 0 spiro atoms. The molecule has 1 aliphatic rings. The van der Waals surface area contributed by atoms with Crippen molar-refractivity contribution in [2.24, 2.45) is 0 Å². The largest absolute Gasteiger partial charge is 0.459 e. The van der Waals surface area contributed by atoms with Crippen LogP contribution in [0, 0.1) is 0 Å². The molecule has 1 atom stereocenters. The number of benzene rings is 1. The summed E-state index contributed by atoms with van der Waals surface area (Å²) in [6.07, 6.45) is 8.12. The molecular formula is C22H28N2O3S. The average Bonchev–Trinajstić information content (AvgIpc) is 3.27. The van der Waals surface area contributed by atoms with Crippen molar-refractivity contribution in [3.8, 4) is 0 Å². The van der Waals surface area contributed by atoms with Gasteiger partial charge in [0.05, 0.1) is 6.26 Å². The highest BCUT2D eigenvalue weighted by atomic mass is 32.2. The Bertz CT molecular complexity index is 740. The summed E-state index contributed by atoms with van der Waals surface area (Å²) in [6.45, 7) is 0. The number of hydrogen-bond acceptors (Lipinski definition) is 4. The van der Waals surface area contributed by atoms with Crippen LogP contribution in [0.4, 0.5) is 0 Å². The maximum absolute atomic E-state index is 12.8. The fraction of sp³-hybridized carbons (Fsp3) is 0.455. The second kappa shape index (κ2) is 10.4. The fourth-order valence-electron chi connectivity index (χ4n) is 3.74. The van der Waals surface area contributed by atoms with Crippen LogP contribution in [0.25, 0.3) is 0 Å². The van der Waals surface area contributed by atoms with Gasteiger partial charge in [0.15, 0.2) is 5.76 Å². The van der Waals surface area contributed by atoms with E-state index in [-0.39, 0.29) is 23.6 Å². The molecule has 1 aromatic heterocycles. The molecule has 0 radical (unpaired) electrons. The van der Waals surface area contributed by atoms with Crippen LogP contribution in [0.2, 0.25) is 0 Å². The second-order valence-corrected chi connectivity index (χ2v) is 8.24. The first kappa shape index (κ1) is 20.5. The lowest BCUT2D eigenvalue weighted by Gasteiger charge is -2.30. The number of thioether (sulfide) groups is 1. The molecule has 2 aromatic rings. The molecule has 6 heteroatoms. The molecular weight excluding hydrogens is 372 g/mol. The highest BCUT2D eigenvalue weighted by molar-refractivity contribution is 7.98. The molecule has 0 bridgehead atoms. The van der Waals surface area contributed by atoms with Crippen LogP contribution in [-0.4, -0.2) is 35.9 Å². The number of amides is 2. The highest BCUT2D eigenvalue weighted by Gasteiger charge is 2.27. The Balaban J connectivity index is 1.52. The lowest BCUT2D eigenvalue weighted by molar-refractivity contribution is -0.124. The van der Waals surface area contributed by atoms with E-state index in [1.54, 1.807) is 23.9 Å². The Labute approximate surface area is 170 Å². The van der Waals surface area contributed by atoms with Gasteiger partial charge in [-0.1, -0.05) is 30.3 Å². The molecule has 1 aromatic carbocycles. The van der Waals surface area contributed by atoms with Gasteiger partial charge in [0.25, 0.3) is 5.91 Å². The van der Waals surface area contributed by atoms with Crippen molar-refractivity contribution in [3.05, 3.63) is 60.1 Å². The molecule has 2 N–H and O–H groups in total. The first-order valence-electron chi connectivity index (χ1n) is 9.86. The monoisotopic (exact) mass is 400 g/mol. The Morgan fingerprint density at radius 3 is 2.50 bits per heavy atom. The van der Waals surface area contributed by atoms with E-state index in [1.807, 2.05) is 12.3 Å². The van der Waals surface area contributed by atoms with Gasteiger partial charge in [-0.2, -0.15) is 11.8 Å². The van der Waals surface area contributed by atoms with Gasteiger partial charge in [-0.05, 0) is 67.7 Å². The lowest BCUT2D eigenvalue weighted by Crippen LogP contribution is -2.50. The first-order valence-corrected chi connectivity index (χ1v) is 11.3. The summed E-state index contributed by atoms with van der Waals surface area (Å²) in [5.41, 5.74) is 1.39. The standard InChI is InChI=1S/C22H28N2O3S/c1-28-15-13-19(24-22(26)20-8-5-14-27-20)21(25)23-18-11-9-17(10-12-18)16-6-3-2-4-7-16/h2-8,14,17-19H,9-13,15H2,1H3,(H,23,25)(H,24,26). The molecule has 1 aliphatic carbocycles. The average molecular weight is 401 g/mol. The molecule has 1 unspecified atom stereocenters. The van der Waals surface area contributed by atoms with Crippen molar-refractivity contribution in [2.75, 3.05) is 12.0 Å². The van der Waals surface area contributed by atoms with Crippen LogP contribution in [0.1, 0.15) is 54.1 Å². The highest BCUT2D eigenvalue weighted by Crippen LogP contribution is 2.32. The number of carbonyl (C=O) groups is 2. The number of hydrogen-bond donors (Lipinski definition) is 2. The van der Waals surface area contributed by atoms with Gasteiger partial charge in [-0.3, -0.25) is 9.59 Å². The minimum absolute atomic E-state index is 0.0999. The number of furan rings is 1. The van der Waals surface area contributed by atoms with Crippen molar-refractivity contribution in [2.45, 2.75) is 50.1 Å². The van der Waals surface area contributed by atoms with Gasteiger partial charge in [0, 0.05) is 6.04 Å². The summed E-state index contributed by atoms with van der Waals surface area (Å²) in [4.78, 5) is 25.1. The van der Waals surface area contributed by atoms with E-state index in [0.29, 0.717) is 12.3 Å². The summed E-state index contributed by atoms with van der Waals surface area (Å²) in [7, 11) is 0. The van der Waals surface area contributed by atoms with Crippen LogP contribution >= 0.6 is 11.8 Å². The molecule has 2 amide bonds. The number of rotatable bonds is 8. The quantitative estimate of drug-likeness (QED) is 0.703. The van der Waals surface area contributed by atoms with E-state index in [4.69, 9.17) is 4.42 Å². The van der Waals surface area contributed by atoms with Gasteiger partial charge < -0.3 is 15.1 Å². The zero-order valence-corrected chi connectivity index (χ0v) is 17.0. The van der Waals surface area contributed by atoms with E-state index in [0.717, 1.165) is 31.4 Å². The third kappa shape index (κ3) is 5.64. The van der Waals surface area contributed by atoms with Gasteiger partial charge in [0.2, 0.25) is 5.91 Å². The van der Waals surface area contributed by atoms with Gasteiger partial charge in [-0.15, -0.1) is 0 Å². The smallest absolute Gasteiger partial charge is 0.287 e. The predicted octanol–water partition coefficient (Wildman–Crippen LogP) is 3.97. The molecule has 1 saturated carbocycles. The van der Waals surface area contributed by atoms with Crippen molar-refractivity contribution in [1.82, 2.24) is 10.6 Å². The Morgan fingerprint density at radius 1 is 1.11 bits per heavy atom. The van der Waals surface area contributed by atoms with E-state index in [9.17, 15) is 9.59 Å². The predicted molar refractivity (Wildman–Crippen MR) is 113 cm³/mol. The molecule has 1 fully saturated rings. The summed E-state index contributed by atoms with van der Waals surface area (Å²) in [5, 5.41) is 5.98. The van der Waals surface area contributed by atoms with Gasteiger partial charge in [0.1, 0.15) is 6.04 Å². The number of carbonyl (C=O) groups excluding carboxylic acids is 2. The van der Waals surface area contributed by atoms with Crippen molar-refractivity contribution in [1.29, 1.82) is 0 Å². The zero-order valence-electron chi connectivity index (χ0n) is 16.2. The Hall–Kier alpha value is -2.21. The molecule has 0 aliphatic heterocycles. The van der Waals surface area contributed by atoms with Crippen LogP contribution in [-0.2, 0) is 4.79 Å². The topological polar surface area (TPSA) is 71.3 Å². The maximum atomic E-state index is 12.8. The third-order valence-corrected chi connectivity index (χ3v) is 5.97. The van der Waals surface area contributed by atoms with Crippen molar-refractivity contribution in [3.63, 3.8) is 0 Å². The molecule has 150 valence electrons. The van der Waals surface area contributed by atoms with E-state index >= 15 is 0 Å². The molecule has 3 rings (SSSR count). The maximum Gasteiger partial charge on any atom is 0.287 e. The summed E-state index contributed by atoms with van der Waals surface area (Å²) >= 11 is 1.66. The molecule has 5 nitrogen and oxygen atoms in total. The second-order valence-electron chi connectivity index (χ2n) is 7.25. The minimum Gasteiger partial charge on any atom is -0.459 e. The van der Waals surface area contributed by atoms with Crippen LogP contribution in [0.5, 0.6) is 0 Å². The number of nitrogens with one attached hydrogen (secondary N) is 2. The van der Waals surface area contributed by atoms with Crippen molar-refractivity contribution < 1.29 is 14.0 Å². The van der Waals surface area contributed by atoms with E-state index in [2.05, 4.69) is 34.9 Å². The van der Waals surface area contributed by atoms with Crippen LogP contribution < -0.4 is 10.6 Å². The van der Waals surface area contributed by atoms with Crippen LogP contribution in [0.15, 0.2) is 53.1 Å². The van der Waals surface area contributed by atoms with Gasteiger partial charge >= 0.3 is 0 Å². The zero-order chi connectivity index (χ0) is 19.8. The lowest BCUT2D eigenvalue weighted by atomic mass is 9.81. The normalized spacial score (nSPS) is 20.3. The minimum atomic E-state index is -0.545. The Morgan fingerprint density at radius 2 is 1.86 bits per heavy atom. The molecule has 28 heavy (non-hydrogen) atoms.